The maximum Gasteiger partial charge on any atom is 0.422 e. The van der Waals surface area contributed by atoms with Crippen molar-refractivity contribution in [3.05, 3.63) is 18.3 Å². The van der Waals surface area contributed by atoms with Gasteiger partial charge in [0.1, 0.15) is 5.69 Å². The lowest BCUT2D eigenvalue weighted by molar-refractivity contribution is -0.154. The van der Waals surface area contributed by atoms with E-state index in [1.165, 1.54) is 6.20 Å². The van der Waals surface area contributed by atoms with E-state index in [2.05, 4.69) is 29.7 Å². The molecule has 0 bridgehead atoms. The van der Waals surface area contributed by atoms with Gasteiger partial charge < -0.3 is 14.0 Å². The highest BCUT2D eigenvalue weighted by atomic mass is 19.4. The average molecular weight is 387 g/mol. The maximum absolute atomic E-state index is 12.2. The van der Waals surface area contributed by atoms with Crippen molar-refractivity contribution in [3.8, 4) is 17.4 Å². The molecule has 0 atom stereocenters. The van der Waals surface area contributed by atoms with Gasteiger partial charge in [0.05, 0.1) is 31.0 Å². The predicted molar refractivity (Wildman–Crippen MR) is 87.2 cm³/mol. The van der Waals surface area contributed by atoms with Gasteiger partial charge in [0, 0.05) is 19.6 Å². The topological polar surface area (TPSA) is 86.4 Å². The minimum absolute atomic E-state index is 0.218. The van der Waals surface area contributed by atoms with Crippen LogP contribution in [-0.2, 0) is 10.2 Å². The summed E-state index contributed by atoms with van der Waals surface area (Å²) in [6, 6.07) is 0. The molecule has 0 spiro atoms. The number of alkyl halides is 3. The molecule has 0 N–H and O–H groups in total. The zero-order chi connectivity index (χ0) is 19.5. The number of hydrogen-bond donors (Lipinski definition) is 0. The molecule has 1 aliphatic rings. The summed E-state index contributed by atoms with van der Waals surface area (Å²) in [6.45, 7) is 6.38. The van der Waals surface area contributed by atoms with Crippen molar-refractivity contribution in [2.24, 2.45) is 0 Å². The third kappa shape index (κ3) is 5.36. The Hall–Kier alpha value is -2.27. The highest BCUT2D eigenvalue weighted by molar-refractivity contribution is 5.46. The zero-order valence-electron chi connectivity index (χ0n) is 15.0. The minimum atomic E-state index is -4.44. The van der Waals surface area contributed by atoms with Crippen LogP contribution in [0.1, 0.15) is 19.7 Å². The molecule has 2 aromatic rings. The monoisotopic (exact) mass is 387 g/mol. The van der Waals surface area contributed by atoms with E-state index in [0.717, 1.165) is 25.8 Å². The number of aromatic nitrogens is 4. The molecule has 0 aliphatic carbocycles. The quantitative estimate of drug-likeness (QED) is 0.745. The summed E-state index contributed by atoms with van der Waals surface area (Å²) in [5.74, 6) is 0.436. The fourth-order valence-electron chi connectivity index (χ4n) is 2.65. The van der Waals surface area contributed by atoms with E-state index < -0.39 is 12.8 Å². The van der Waals surface area contributed by atoms with Crippen LogP contribution < -0.4 is 4.74 Å². The second-order valence-electron chi connectivity index (χ2n) is 6.84. The summed E-state index contributed by atoms with van der Waals surface area (Å²) in [4.78, 5) is 14.4. The van der Waals surface area contributed by atoms with Gasteiger partial charge in [0.15, 0.2) is 6.61 Å². The van der Waals surface area contributed by atoms with Crippen LogP contribution >= 0.6 is 0 Å². The van der Waals surface area contributed by atoms with Crippen molar-refractivity contribution in [1.29, 1.82) is 0 Å². The molecule has 0 unspecified atom stereocenters. The normalized spacial score (nSPS) is 16.5. The van der Waals surface area contributed by atoms with Crippen LogP contribution in [0.15, 0.2) is 16.9 Å². The van der Waals surface area contributed by atoms with Crippen molar-refractivity contribution in [3.63, 3.8) is 0 Å². The first kappa shape index (κ1) is 19.5. The minimum Gasteiger partial charge on any atom is -0.467 e. The van der Waals surface area contributed by atoms with E-state index in [1.807, 2.05) is 13.8 Å². The molecule has 27 heavy (non-hydrogen) atoms. The van der Waals surface area contributed by atoms with Gasteiger partial charge in [-0.25, -0.2) is 9.97 Å². The summed E-state index contributed by atoms with van der Waals surface area (Å²) in [5.41, 5.74) is -0.0993. The standard InChI is InChI=1S/C16H20F3N5O3/c1-15(2,9-24-3-5-25-6-4-24)14-22-13(23-27-14)11-7-21-12(8-20-11)26-10-16(17,18)19/h7-8H,3-6,9-10H2,1-2H3. The molecular formula is C16H20F3N5O3. The molecule has 11 heteroatoms. The lowest BCUT2D eigenvalue weighted by atomic mass is 9.92. The van der Waals surface area contributed by atoms with Crippen LogP contribution in [0, 0.1) is 0 Å². The molecule has 1 saturated heterocycles. The summed E-state index contributed by atoms with van der Waals surface area (Å²) >= 11 is 0. The molecule has 3 heterocycles. The molecule has 2 aromatic heterocycles. The van der Waals surface area contributed by atoms with E-state index in [0.29, 0.717) is 19.1 Å². The molecule has 148 valence electrons. The lowest BCUT2D eigenvalue weighted by Gasteiger charge is -2.32. The molecule has 0 saturated carbocycles. The Labute approximate surface area is 153 Å². The van der Waals surface area contributed by atoms with Crippen molar-refractivity contribution >= 4 is 0 Å². The van der Waals surface area contributed by atoms with Gasteiger partial charge in [-0.3, -0.25) is 4.90 Å². The number of nitrogens with zero attached hydrogens (tertiary/aromatic N) is 5. The zero-order valence-corrected chi connectivity index (χ0v) is 15.0. The number of morpholine rings is 1. The second kappa shape index (κ2) is 7.77. The second-order valence-corrected chi connectivity index (χ2v) is 6.84. The molecule has 8 nitrogen and oxygen atoms in total. The fourth-order valence-corrected chi connectivity index (χ4v) is 2.65. The van der Waals surface area contributed by atoms with Crippen LogP contribution in [-0.4, -0.2) is 70.6 Å². The fraction of sp³-hybridized carbons (Fsp3) is 0.625. The van der Waals surface area contributed by atoms with E-state index in [4.69, 9.17) is 9.26 Å². The SMILES string of the molecule is CC(C)(CN1CCOCC1)c1nc(-c2cnc(OCC(F)(F)F)cn2)no1. The molecular weight excluding hydrogens is 367 g/mol. The van der Waals surface area contributed by atoms with Crippen LogP contribution in [0.5, 0.6) is 5.88 Å². The molecule has 0 amide bonds. The Kier molecular flexibility index (Phi) is 5.61. The summed E-state index contributed by atoms with van der Waals surface area (Å²) < 4.78 is 51.7. The summed E-state index contributed by atoms with van der Waals surface area (Å²) in [6.07, 6.45) is -2.10. The first-order chi connectivity index (χ1) is 12.7. The van der Waals surface area contributed by atoms with E-state index >= 15 is 0 Å². The molecule has 1 fully saturated rings. The Bertz CT molecular complexity index is 743. The van der Waals surface area contributed by atoms with Crippen molar-refractivity contribution in [2.75, 3.05) is 39.5 Å². The maximum atomic E-state index is 12.2. The van der Waals surface area contributed by atoms with Crippen molar-refractivity contribution in [2.45, 2.75) is 25.4 Å². The van der Waals surface area contributed by atoms with Gasteiger partial charge in [-0.1, -0.05) is 5.16 Å². The highest BCUT2D eigenvalue weighted by Crippen LogP contribution is 2.25. The van der Waals surface area contributed by atoms with Gasteiger partial charge in [0.25, 0.3) is 0 Å². The Morgan fingerprint density at radius 2 is 1.89 bits per heavy atom. The first-order valence-corrected chi connectivity index (χ1v) is 8.39. The smallest absolute Gasteiger partial charge is 0.422 e. The lowest BCUT2D eigenvalue weighted by Crippen LogP contribution is -2.43. The molecule has 1 aliphatic heterocycles. The number of hydrogen-bond acceptors (Lipinski definition) is 8. The van der Waals surface area contributed by atoms with Gasteiger partial charge in [0.2, 0.25) is 17.6 Å². The molecule has 0 aromatic carbocycles. The predicted octanol–water partition coefficient (Wildman–Crippen LogP) is 2.08. The van der Waals surface area contributed by atoms with E-state index in [1.54, 1.807) is 0 Å². The van der Waals surface area contributed by atoms with Gasteiger partial charge in [-0.15, -0.1) is 0 Å². The van der Waals surface area contributed by atoms with Gasteiger partial charge in [-0.05, 0) is 13.8 Å². The highest BCUT2D eigenvalue weighted by Gasteiger charge is 2.31. The van der Waals surface area contributed by atoms with E-state index in [9.17, 15) is 13.2 Å². The summed E-state index contributed by atoms with van der Waals surface area (Å²) in [5, 5.41) is 3.91. The average Bonchev–Trinajstić information content (AvgIpc) is 3.11. The molecule has 0 radical (unpaired) electrons. The Morgan fingerprint density at radius 3 is 2.52 bits per heavy atom. The van der Waals surface area contributed by atoms with Gasteiger partial charge in [-0.2, -0.15) is 18.2 Å². The third-order valence-electron chi connectivity index (χ3n) is 3.97. The van der Waals surface area contributed by atoms with Gasteiger partial charge >= 0.3 is 6.18 Å². The van der Waals surface area contributed by atoms with Crippen LogP contribution in [0.4, 0.5) is 13.2 Å². The van der Waals surface area contributed by atoms with Crippen molar-refractivity contribution in [1.82, 2.24) is 25.0 Å². The van der Waals surface area contributed by atoms with Crippen molar-refractivity contribution < 1.29 is 27.2 Å². The largest absolute Gasteiger partial charge is 0.467 e. The van der Waals surface area contributed by atoms with Crippen LogP contribution in [0.25, 0.3) is 11.5 Å². The Morgan fingerprint density at radius 1 is 1.15 bits per heavy atom. The van der Waals surface area contributed by atoms with Crippen LogP contribution in [0.3, 0.4) is 0 Å². The molecule has 3 rings (SSSR count). The number of ether oxygens (including phenoxy) is 2. The van der Waals surface area contributed by atoms with E-state index in [-0.39, 0.29) is 22.8 Å². The Balaban J connectivity index is 1.65. The third-order valence-corrected chi connectivity index (χ3v) is 3.97. The first-order valence-electron chi connectivity index (χ1n) is 8.39. The summed E-state index contributed by atoms with van der Waals surface area (Å²) in [7, 11) is 0. The van der Waals surface area contributed by atoms with Crippen LogP contribution in [0.2, 0.25) is 0 Å². The number of halogens is 3. The number of rotatable bonds is 6.